The first-order valence-corrected chi connectivity index (χ1v) is 18.7. The number of thiophene rings is 1. The standard InChI is InChI=1S/C48H27N3OS/c1-3-13-31-28(11-1)21-23-37-42(31)33-15-5-7-17-35(33)48(37)36-18-8-9-19-39(36)52-40-24-22-30(27-38(40)48)43-46-44(34-16-6-10-20-41(34)53-46)51-47(50-43)45-32-14-4-2-12-29(32)25-26-49-45/h1-27H. The third kappa shape index (κ3) is 3.86. The second-order valence-corrected chi connectivity index (χ2v) is 14.9. The highest BCUT2D eigenvalue weighted by atomic mass is 32.1. The van der Waals surface area contributed by atoms with Crippen LogP contribution in [0.1, 0.15) is 22.3 Å². The van der Waals surface area contributed by atoms with Gasteiger partial charge in [-0.15, -0.1) is 11.3 Å². The number of fused-ring (bicyclic) bond motifs is 15. The van der Waals surface area contributed by atoms with Crippen molar-refractivity contribution in [3.63, 3.8) is 0 Å². The fraction of sp³-hybridized carbons (Fsp3) is 0.0208. The van der Waals surface area contributed by atoms with Crippen LogP contribution in [-0.4, -0.2) is 15.0 Å². The van der Waals surface area contributed by atoms with Crippen LogP contribution in [0.25, 0.3) is 75.8 Å². The molecule has 0 saturated heterocycles. The Bertz CT molecular complexity index is 3180. The minimum Gasteiger partial charge on any atom is -0.457 e. The zero-order valence-electron chi connectivity index (χ0n) is 28.2. The third-order valence-corrected chi connectivity index (χ3v) is 12.4. The number of aromatic nitrogens is 3. The molecule has 1 atom stereocenters. The largest absolute Gasteiger partial charge is 0.457 e. The molecule has 2 aliphatic rings. The molecular formula is C48H27N3OS. The molecule has 0 radical (unpaired) electrons. The molecule has 3 aromatic heterocycles. The first-order valence-electron chi connectivity index (χ1n) is 17.9. The van der Waals surface area contributed by atoms with Gasteiger partial charge in [-0.3, -0.25) is 4.98 Å². The summed E-state index contributed by atoms with van der Waals surface area (Å²) in [7, 11) is 0. The highest BCUT2D eigenvalue weighted by molar-refractivity contribution is 7.26. The van der Waals surface area contributed by atoms with Gasteiger partial charge in [0.15, 0.2) is 5.82 Å². The molecule has 246 valence electrons. The summed E-state index contributed by atoms with van der Waals surface area (Å²) in [6.07, 6.45) is 1.85. The van der Waals surface area contributed by atoms with Gasteiger partial charge in [0.1, 0.15) is 17.2 Å². The van der Waals surface area contributed by atoms with E-state index >= 15 is 0 Å². The van der Waals surface area contributed by atoms with Gasteiger partial charge in [0.25, 0.3) is 0 Å². The average molecular weight is 694 g/mol. The summed E-state index contributed by atoms with van der Waals surface area (Å²) in [6, 6.07) is 56.3. The Labute approximate surface area is 308 Å². The van der Waals surface area contributed by atoms with E-state index in [-0.39, 0.29) is 0 Å². The Hall–Kier alpha value is -6.69. The molecule has 1 aliphatic carbocycles. The van der Waals surface area contributed by atoms with Gasteiger partial charge in [-0.2, -0.15) is 0 Å². The van der Waals surface area contributed by atoms with Crippen LogP contribution in [0.3, 0.4) is 0 Å². The molecule has 0 N–H and O–H groups in total. The Morgan fingerprint density at radius 1 is 0.509 bits per heavy atom. The predicted molar refractivity (Wildman–Crippen MR) is 216 cm³/mol. The Balaban J connectivity index is 1.19. The van der Waals surface area contributed by atoms with Crippen molar-refractivity contribution in [3.8, 4) is 45.4 Å². The van der Waals surface area contributed by atoms with E-state index in [2.05, 4.69) is 146 Å². The van der Waals surface area contributed by atoms with Crippen LogP contribution in [0.5, 0.6) is 11.5 Å². The van der Waals surface area contributed by atoms with Gasteiger partial charge >= 0.3 is 0 Å². The van der Waals surface area contributed by atoms with Crippen LogP contribution in [0.2, 0.25) is 0 Å². The SMILES string of the molecule is c1ccc2c(c1)Oc1ccc(-c3nc(-c4nccc5ccccc45)nc4c3sc3ccccc34)cc1C21c2ccccc2-c2c1ccc1ccccc21. The van der Waals surface area contributed by atoms with Gasteiger partial charge in [-0.25, -0.2) is 9.97 Å². The topological polar surface area (TPSA) is 47.9 Å². The molecule has 4 heterocycles. The molecule has 4 nitrogen and oxygen atoms in total. The van der Waals surface area contributed by atoms with Gasteiger partial charge in [-0.1, -0.05) is 121 Å². The summed E-state index contributed by atoms with van der Waals surface area (Å²) in [4.78, 5) is 15.5. The highest BCUT2D eigenvalue weighted by Crippen LogP contribution is 2.63. The predicted octanol–water partition coefficient (Wildman–Crippen LogP) is 12.3. The minimum absolute atomic E-state index is 0.609. The average Bonchev–Trinajstić information content (AvgIpc) is 3.75. The number of hydrogen-bond donors (Lipinski definition) is 0. The van der Waals surface area contributed by atoms with Crippen LogP contribution in [0.15, 0.2) is 164 Å². The van der Waals surface area contributed by atoms with Crippen molar-refractivity contribution in [3.05, 3.63) is 186 Å². The van der Waals surface area contributed by atoms with Crippen LogP contribution >= 0.6 is 11.3 Å². The van der Waals surface area contributed by atoms with E-state index in [0.29, 0.717) is 5.82 Å². The molecule has 0 amide bonds. The zero-order chi connectivity index (χ0) is 34.7. The first kappa shape index (κ1) is 28.9. The maximum absolute atomic E-state index is 6.81. The highest BCUT2D eigenvalue weighted by Gasteiger charge is 2.51. The second kappa shape index (κ2) is 10.7. The number of pyridine rings is 1. The van der Waals surface area contributed by atoms with Crippen molar-refractivity contribution in [2.24, 2.45) is 0 Å². The van der Waals surface area contributed by atoms with Crippen molar-refractivity contribution in [1.82, 2.24) is 15.0 Å². The second-order valence-electron chi connectivity index (χ2n) is 13.9. The third-order valence-electron chi connectivity index (χ3n) is 11.2. The number of para-hydroxylation sites is 1. The Morgan fingerprint density at radius 3 is 2.13 bits per heavy atom. The van der Waals surface area contributed by atoms with E-state index in [1.165, 1.54) is 37.7 Å². The van der Waals surface area contributed by atoms with Gasteiger partial charge in [0, 0.05) is 38.4 Å². The lowest BCUT2D eigenvalue weighted by Crippen LogP contribution is -2.32. The summed E-state index contributed by atoms with van der Waals surface area (Å²) in [5, 5.41) is 5.74. The van der Waals surface area contributed by atoms with Crippen LogP contribution in [0.4, 0.5) is 0 Å². The van der Waals surface area contributed by atoms with Crippen LogP contribution in [0, 0.1) is 0 Å². The number of benzene rings is 7. The van der Waals surface area contributed by atoms with Gasteiger partial charge in [0.05, 0.1) is 21.3 Å². The minimum atomic E-state index is -0.609. The molecule has 1 spiro atoms. The quantitative estimate of drug-likeness (QED) is 0.181. The van der Waals surface area contributed by atoms with Gasteiger partial charge in [-0.05, 0) is 74.8 Å². The molecule has 12 rings (SSSR count). The molecule has 0 fully saturated rings. The molecule has 5 heteroatoms. The fourth-order valence-electron chi connectivity index (χ4n) is 9.01. The van der Waals surface area contributed by atoms with Crippen molar-refractivity contribution in [2.75, 3.05) is 0 Å². The molecule has 0 bridgehead atoms. The van der Waals surface area contributed by atoms with Gasteiger partial charge in [0.2, 0.25) is 0 Å². The normalized spacial score (nSPS) is 15.4. The molecule has 1 unspecified atom stereocenters. The maximum atomic E-state index is 6.81. The van der Waals surface area contributed by atoms with Crippen molar-refractivity contribution in [1.29, 1.82) is 0 Å². The zero-order valence-corrected chi connectivity index (χ0v) is 29.1. The van der Waals surface area contributed by atoms with Crippen molar-refractivity contribution < 1.29 is 4.74 Å². The lowest BCUT2D eigenvalue weighted by molar-refractivity contribution is 0.436. The van der Waals surface area contributed by atoms with Crippen LogP contribution < -0.4 is 4.74 Å². The molecule has 53 heavy (non-hydrogen) atoms. The van der Waals surface area contributed by atoms with Crippen LogP contribution in [-0.2, 0) is 5.41 Å². The van der Waals surface area contributed by atoms with Gasteiger partial charge < -0.3 is 4.74 Å². The molecule has 7 aromatic carbocycles. The first-order chi connectivity index (χ1) is 26.3. The number of ether oxygens (including phenoxy) is 1. The lowest BCUT2D eigenvalue weighted by Gasteiger charge is -2.39. The van der Waals surface area contributed by atoms with E-state index in [9.17, 15) is 0 Å². The summed E-state index contributed by atoms with van der Waals surface area (Å²) >= 11 is 1.74. The van der Waals surface area contributed by atoms with E-state index in [1.54, 1.807) is 11.3 Å². The van der Waals surface area contributed by atoms with E-state index < -0.39 is 5.41 Å². The number of nitrogens with zero attached hydrogens (tertiary/aromatic N) is 3. The molecular weight excluding hydrogens is 667 g/mol. The lowest BCUT2D eigenvalue weighted by atomic mass is 9.65. The summed E-state index contributed by atoms with van der Waals surface area (Å²) in [6.45, 7) is 0. The monoisotopic (exact) mass is 693 g/mol. The fourth-order valence-corrected chi connectivity index (χ4v) is 10.2. The summed E-state index contributed by atoms with van der Waals surface area (Å²) in [5.41, 5.74) is 10.3. The maximum Gasteiger partial charge on any atom is 0.180 e. The summed E-state index contributed by atoms with van der Waals surface area (Å²) in [5.74, 6) is 2.34. The molecule has 1 aliphatic heterocycles. The number of rotatable bonds is 2. The number of hydrogen-bond acceptors (Lipinski definition) is 5. The van der Waals surface area contributed by atoms with Crippen molar-refractivity contribution >= 4 is 53.2 Å². The summed E-state index contributed by atoms with van der Waals surface area (Å²) < 4.78 is 9.04. The van der Waals surface area contributed by atoms with Crippen molar-refractivity contribution in [2.45, 2.75) is 5.41 Å². The van der Waals surface area contributed by atoms with E-state index in [4.69, 9.17) is 19.7 Å². The molecule has 10 aromatic rings. The smallest absolute Gasteiger partial charge is 0.180 e. The Morgan fingerprint density at radius 2 is 1.23 bits per heavy atom. The van der Waals surface area contributed by atoms with E-state index in [0.717, 1.165) is 66.0 Å². The molecule has 0 saturated carbocycles. The Kier molecular flexibility index (Phi) is 5.83. The van der Waals surface area contributed by atoms with E-state index in [1.807, 2.05) is 18.3 Å².